The van der Waals surface area contributed by atoms with Crippen molar-refractivity contribution in [2.24, 2.45) is 0 Å². The summed E-state index contributed by atoms with van der Waals surface area (Å²) in [6.45, 7) is 14.9. The second-order valence-corrected chi connectivity index (χ2v) is 4.71. The lowest BCUT2D eigenvalue weighted by Gasteiger charge is -1.85. The minimum Gasteiger partial charge on any atom is -0.0991 e. The lowest BCUT2D eigenvalue weighted by Crippen LogP contribution is -1.63. The molecule has 0 unspecified atom stereocenters. The van der Waals surface area contributed by atoms with Crippen molar-refractivity contribution in [3.63, 3.8) is 0 Å². The van der Waals surface area contributed by atoms with Crippen molar-refractivity contribution in [2.45, 2.75) is 13.8 Å². The summed E-state index contributed by atoms with van der Waals surface area (Å²) in [4.78, 5) is 0. The number of rotatable bonds is 3. The van der Waals surface area contributed by atoms with Gasteiger partial charge in [0.25, 0.3) is 0 Å². The molecule has 0 saturated carbocycles. The largest absolute Gasteiger partial charge is 0.0991 e. The fourth-order valence-corrected chi connectivity index (χ4v) is 1.41. The number of allylic oxidation sites excluding steroid dienone is 3. The van der Waals surface area contributed by atoms with Crippen LogP contribution in [-0.4, -0.2) is 0 Å². The predicted molar refractivity (Wildman–Crippen MR) is 103 cm³/mol. The van der Waals surface area contributed by atoms with Gasteiger partial charge in [0.05, 0.1) is 0 Å². The van der Waals surface area contributed by atoms with E-state index in [9.17, 15) is 0 Å². The van der Waals surface area contributed by atoms with Gasteiger partial charge in [-0.3, -0.25) is 0 Å². The van der Waals surface area contributed by atoms with E-state index in [0.29, 0.717) is 0 Å². The summed E-state index contributed by atoms with van der Waals surface area (Å²) >= 11 is 0. The van der Waals surface area contributed by atoms with Crippen LogP contribution < -0.4 is 0 Å². The Morgan fingerprint density at radius 3 is 1.18 bits per heavy atom. The maximum absolute atomic E-state index is 3.63. The van der Waals surface area contributed by atoms with E-state index in [4.69, 9.17) is 0 Å². The van der Waals surface area contributed by atoms with Gasteiger partial charge >= 0.3 is 0 Å². The van der Waals surface area contributed by atoms with E-state index in [1.807, 2.05) is 92.7 Å². The fourth-order valence-electron chi connectivity index (χ4n) is 1.41. The lowest BCUT2D eigenvalue weighted by molar-refractivity contribution is 1.40. The highest BCUT2D eigenvalue weighted by Gasteiger charge is 1.76. The van der Waals surface area contributed by atoms with E-state index in [2.05, 4.69) is 19.7 Å². The Morgan fingerprint density at radius 1 is 0.682 bits per heavy atom. The molecule has 22 heavy (non-hydrogen) atoms. The zero-order valence-corrected chi connectivity index (χ0v) is 13.7. The van der Waals surface area contributed by atoms with Gasteiger partial charge in [-0.15, -0.1) is 0 Å². The molecule has 0 heterocycles. The van der Waals surface area contributed by atoms with Crippen LogP contribution in [0.3, 0.4) is 0 Å². The number of benzene rings is 2. The van der Waals surface area contributed by atoms with Crippen LogP contribution in [0.4, 0.5) is 0 Å². The Labute approximate surface area is 135 Å². The summed E-state index contributed by atoms with van der Waals surface area (Å²) < 4.78 is 0. The van der Waals surface area contributed by atoms with Crippen LogP contribution in [0.25, 0.3) is 12.2 Å². The lowest BCUT2D eigenvalue weighted by atomic mass is 10.2. The van der Waals surface area contributed by atoms with Gasteiger partial charge < -0.3 is 0 Å². The summed E-state index contributed by atoms with van der Waals surface area (Å²) in [7, 11) is 0. The summed E-state index contributed by atoms with van der Waals surface area (Å²) in [5.41, 5.74) is 3.64. The molecule has 0 nitrogen and oxygen atoms in total. The SMILES string of the molecule is C=CC=C(C)C.C=Cc1ccccc1.C=Cc1ccccc1. The number of hydrogen-bond acceptors (Lipinski definition) is 0. The molecule has 0 aliphatic carbocycles. The van der Waals surface area contributed by atoms with E-state index in [1.54, 1.807) is 6.08 Å². The second kappa shape index (κ2) is 13.4. The third-order valence-electron chi connectivity index (χ3n) is 2.52. The van der Waals surface area contributed by atoms with Crippen molar-refractivity contribution >= 4 is 12.2 Å². The first kappa shape index (κ1) is 19.4. The van der Waals surface area contributed by atoms with Crippen LogP contribution in [0, 0.1) is 0 Å². The van der Waals surface area contributed by atoms with Crippen molar-refractivity contribution in [3.8, 4) is 0 Å². The maximum atomic E-state index is 3.63. The van der Waals surface area contributed by atoms with Crippen LogP contribution in [0.1, 0.15) is 25.0 Å². The van der Waals surface area contributed by atoms with Crippen molar-refractivity contribution in [3.05, 3.63) is 109 Å². The van der Waals surface area contributed by atoms with Crippen LogP contribution in [0.15, 0.2) is 98.1 Å². The Balaban J connectivity index is 0.000000306. The second-order valence-electron chi connectivity index (χ2n) is 4.71. The van der Waals surface area contributed by atoms with Crippen molar-refractivity contribution in [1.82, 2.24) is 0 Å². The quantitative estimate of drug-likeness (QED) is 0.545. The molecule has 0 aliphatic heterocycles. The molecule has 0 fully saturated rings. The normalized spacial score (nSPS) is 8.09. The molecule has 0 amide bonds. The van der Waals surface area contributed by atoms with E-state index >= 15 is 0 Å². The van der Waals surface area contributed by atoms with E-state index in [-0.39, 0.29) is 0 Å². The topological polar surface area (TPSA) is 0 Å². The van der Waals surface area contributed by atoms with Crippen molar-refractivity contribution < 1.29 is 0 Å². The summed E-state index contributed by atoms with van der Waals surface area (Å²) in [5.74, 6) is 0. The first-order valence-electron chi connectivity index (χ1n) is 7.25. The maximum Gasteiger partial charge on any atom is -0.0263 e. The van der Waals surface area contributed by atoms with Gasteiger partial charge in [-0.05, 0) is 25.0 Å². The molecule has 114 valence electrons. The number of hydrogen-bond donors (Lipinski definition) is 0. The summed E-state index contributed by atoms with van der Waals surface area (Å²) in [5, 5.41) is 0. The first-order chi connectivity index (χ1) is 10.6. The van der Waals surface area contributed by atoms with E-state index in [1.165, 1.54) is 16.7 Å². The van der Waals surface area contributed by atoms with Gasteiger partial charge in [0, 0.05) is 0 Å². The van der Waals surface area contributed by atoms with Gasteiger partial charge in [0.1, 0.15) is 0 Å². The highest BCUT2D eigenvalue weighted by molar-refractivity contribution is 5.46. The fraction of sp³-hybridized carbons (Fsp3) is 0.0909. The van der Waals surface area contributed by atoms with Crippen LogP contribution in [0.5, 0.6) is 0 Å². The monoisotopic (exact) mass is 290 g/mol. The standard InChI is InChI=1S/2C8H8.C6H10/c2*1-2-8-6-4-3-5-7-8;1-4-5-6(2)3/h2*2-7H,1H2;4-5H,1H2,2-3H3. The Kier molecular flexibility index (Phi) is 11.8. The smallest absolute Gasteiger partial charge is 0.0263 e. The van der Waals surface area contributed by atoms with E-state index in [0.717, 1.165) is 0 Å². The van der Waals surface area contributed by atoms with Crippen molar-refractivity contribution in [2.75, 3.05) is 0 Å². The third-order valence-corrected chi connectivity index (χ3v) is 2.52. The molecule has 0 atom stereocenters. The molecule has 0 radical (unpaired) electrons. The van der Waals surface area contributed by atoms with Crippen LogP contribution in [0.2, 0.25) is 0 Å². The van der Waals surface area contributed by atoms with Gasteiger partial charge in [0.2, 0.25) is 0 Å². The molecule has 0 saturated heterocycles. The molecule has 0 aliphatic rings. The van der Waals surface area contributed by atoms with Gasteiger partial charge in [-0.2, -0.15) is 0 Å². The molecular weight excluding hydrogens is 264 g/mol. The Morgan fingerprint density at radius 2 is 1.05 bits per heavy atom. The predicted octanol–water partition coefficient (Wildman–Crippen LogP) is 6.80. The van der Waals surface area contributed by atoms with E-state index < -0.39 is 0 Å². The first-order valence-corrected chi connectivity index (χ1v) is 7.25. The zero-order valence-electron chi connectivity index (χ0n) is 13.7. The minimum absolute atomic E-state index is 1.17. The molecule has 0 spiro atoms. The molecule has 0 N–H and O–H groups in total. The molecule has 0 heteroatoms. The molecule has 2 aromatic carbocycles. The Hall–Kier alpha value is -2.60. The zero-order chi connectivity index (χ0) is 16.6. The minimum atomic E-state index is 1.17. The summed E-state index contributed by atoms with van der Waals surface area (Å²) in [6.07, 6.45) is 7.43. The average molecular weight is 290 g/mol. The summed E-state index contributed by atoms with van der Waals surface area (Å²) in [6, 6.07) is 20.1. The van der Waals surface area contributed by atoms with Gasteiger partial charge in [-0.25, -0.2) is 0 Å². The third kappa shape index (κ3) is 11.2. The highest BCUT2D eigenvalue weighted by Crippen LogP contribution is 1.98. The van der Waals surface area contributed by atoms with Crippen LogP contribution in [-0.2, 0) is 0 Å². The van der Waals surface area contributed by atoms with Crippen LogP contribution >= 0.6 is 0 Å². The van der Waals surface area contributed by atoms with Crippen molar-refractivity contribution in [1.29, 1.82) is 0 Å². The van der Waals surface area contributed by atoms with Gasteiger partial charge in [-0.1, -0.05) is 110 Å². The average Bonchev–Trinajstić information content (AvgIpc) is 2.57. The molecular formula is C22H26. The Bertz CT molecular complexity index is 512. The highest BCUT2D eigenvalue weighted by atomic mass is 13.8. The molecule has 2 aromatic rings. The molecule has 0 aromatic heterocycles. The molecule has 0 bridgehead atoms. The molecule has 2 rings (SSSR count). The van der Waals surface area contributed by atoms with Gasteiger partial charge in [0.15, 0.2) is 0 Å².